The lowest BCUT2D eigenvalue weighted by Gasteiger charge is -2.12. The van der Waals surface area contributed by atoms with E-state index >= 15 is 0 Å². The van der Waals surface area contributed by atoms with Gasteiger partial charge in [-0.15, -0.1) is 0 Å². The molecule has 0 aliphatic rings. The summed E-state index contributed by atoms with van der Waals surface area (Å²) in [5.74, 6) is -1.27. The van der Waals surface area contributed by atoms with Crippen LogP contribution < -0.4 is 5.32 Å². The predicted molar refractivity (Wildman–Crippen MR) is 120 cm³/mol. The molecule has 0 heterocycles. The fraction of sp³-hybridized carbons (Fsp3) is 0.208. The third kappa shape index (κ3) is 6.01. The van der Waals surface area contributed by atoms with Crippen molar-refractivity contribution in [1.29, 1.82) is 0 Å². The molecule has 0 spiro atoms. The number of carboxylic acids is 1. The Morgan fingerprint density at radius 1 is 0.968 bits per heavy atom. The molecule has 0 aromatic heterocycles. The molecule has 0 saturated heterocycles. The Bertz CT molecular complexity index is 1140. The van der Waals surface area contributed by atoms with Crippen molar-refractivity contribution < 1.29 is 23.4 Å². The molecule has 3 aromatic carbocycles. The average Bonchev–Trinajstić information content (AvgIpc) is 2.76. The van der Waals surface area contributed by atoms with Gasteiger partial charge in [-0.1, -0.05) is 60.7 Å². The zero-order valence-electron chi connectivity index (χ0n) is 17.2. The van der Waals surface area contributed by atoms with E-state index in [0.29, 0.717) is 18.7 Å². The lowest BCUT2D eigenvalue weighted by Crippen LogP contribution is -2.23. The summed E-state index contributed by atoms with van der Waals surface area (Å²) in [7, 11) is -3.67. The molecule has 0 aliphatic carbocycles. The number of carboxylic acid groups (broad SMARTS) is 1. The lowest BCUT2D eigenvalue weighted by atomic mass is 10.0. The van der Waals surface area contributed by atoms with Crippen molar-refractivity contribution in [2.75, 3.05) is 19.3 Å². The third-order valence-corrected chi connectivity index (χ3v) is 6.15. The number of rotatable bonds is 9. The highest BCUT2D eigenvalue weighted by atomic mass is 32.2. The summed E-state index contributed by atoms with van der Waals surface area (Å²) >= 11 is 0. The number of nitrogens with one attached hydrogen (secondary N) is 1. The van der Waals surface area contributed by atoms with Gasteiger partial charge in [0.25, 0.3) is 0 Å². The molecule has 0 unspecified atom stereocenters. The van der Waals surface area contributed by atoms with Crippen LogP contribution in [0.15, 0.2) is 77.7 Å². The van der Waals surface area contributed by atoms with Crippen LogP contribution in [0.1, 0.15) is 27.6 Å². The van der Waals surface area contributed by atoms with Crippen LogP contribution in [0.4, 0.5) is 0 Å². The fourth-order valence-corrected chi connectivity index (χ4v) is 4.21. The summed E-state index contributed by atoms with van der Waals surface area (Å²) in [5, 5.41) is 22.7. The van der Waals surface area contributed by atoms with Crippen LogP contribution in [0.2, 0.25) is 0 Å². The molecule has 3 aromatic rings. The van der Waals surface area contributed by atoms with Crippen LogP contribution in [-0.2, 0) is 16.3 Å². The molecular weight excluding hydrogens is 414 g/mol. The lowest BCUT2D eigenvalue weighted by molar-refractivity contribution is 0.0692. The van der Waals surface area contributed by atoms with Gasteiger partial charge in [0.1, 0.15) is 0 Å². The summed E-state index contributed by atoms with van der Waals surface area (Å²) in [6.45, 7) is 1.17. The standard InChI is InChI=1S/C24H25NO5S/c1-31(29,30)23-15-20(11-12-21(23)24(27)28)18-9-7-17(8-10-18)13-14-25-16-22(26)19-5-3-2-4-6-19/h2-12,15,22,25-26H,13-14,16H2,1H3,(H,27,28)/t22-/m1/s1. The Hall–Kier alpha value is -3.00. The molecule has 0 fully saturated rings. The average molecular weight is 440 g/mol. The Morgan fingerprint density at radius 3 is 2.23 bits per heavy atom. The van der Waals surface area contributed by atoms with E-state index < -0.39 is 21.9 Å². The van der Waals surface area contributed by atoms with E-state index in [-0.39, 0.29) is 10.5 Å². The summed E-state index contributed by atoms with van der Waals surface area (Å²) in [4.78, 5) is 11.1. The molecule has 3 rings (SSSR count). The minimum Gasteiger partial charge on any atom is -0.478 e. The van der Waals surface area contributed by atoms with Crippen LogP contribution in [0, 0.1) is 0 Å². The first-order chi connectivity index (χ1) is 14.8. The molecule has 162 valence electrons. The number of sulfone groups is 1. The van der Waals surface area contributed by atoms with Gasteiger partial charge < -0.3 is 15.5 Å². The SMILES string of the molecule is CS(=O)(=O)c1cc(-c2ccc(CCNC[C@@H](O)c3ccccc3)cc2)ccc1C(=O)O. The van der Waals surface area contributed by atoms with E-state index in [1.165, 1.54) is 12.1 Å². The number of hydrogen-bond acceptors (Lipinski definition) is 5. The third-order valence-electron chi connectivity index (χ3n) is 5.01. The first-order valence-corrected chi connectivity index (χ1v) is 11.8. The van der Waals surface area contributed by atoms with Gasteiger partial charge in [-0.2, -0.15) is 0 Å². The number of benzene rings is 3. The van der Waals surface area contributed by atoms with E-state index in [1.54, 1.807) is 6.07 Å². The van der Waals surface area contributed by atoms with Gasteiger partial charge in [0.15, 0.2) is 9.84 Å². The van der Waals surface area contributed by atoms with Crippen molar-refractivity contribution >= 4 is 15.8 Å². The zero-order chi connectivity index (χ0) is 22.4. The fourth-order valence-electron chi connectivity index (χ4n) is 3.31. The zero-order valence-corrected chi connectivity index (χ0v) is 18.0. The molecule has 7 heteroatoms. The summed E-state index contributed by atoms with van der Waals surface area (Å²) in [6.07, 6.45) is 1.22. The van der Waals surface area contributed by atoms with Gasteiger partial charge in [0.2, 0.25) is 0 Å². The largest absolute Gasteiger partial charge is 0.478 e. The molecule has 1 atom stereocenters. The second kappa shape index (κ2) is 9.87. The maximum Gasteiger partial charge on any atom is 0.337 e. The highest BCUT2D eigenvalue weighted by Gasteiger charge is 2.19. The molecule has 0 saturated carbocycles. The van der Waals surface area contributed by atoms with Crippen LogP contribution in [0.5, 0.6) is 0 Å². The Kier molecular flexibility index (Phi) is 7.22. The van der Waals surface area contributed by atoms with Crippen LogP contribution in [0.3, 0.4) is 0 Å². The van der Waals surface area contributed by atoms with Gasteiger partial charge in [0.05, 0.1) is 16.6 Å². The molecule has 0 radical (unpaired) electrons. The minimum atomic E-state index is -3.67. The number of aliphatic hydroxyl groups excluding tert-OH is 1. The number of hydrogen-bond donors (Lipinski definition) is 3. The van der Waals surface area contributed by atoms with Gasteiger partial charge in [-0.3, -0.25) is 0 Å². The van der Waals surface area contributed by atoms with Crippen LogP contribution >= 0.6 is 0 Å². The van der Waals surface area contributed by atoms with Gasteiger partial charge in [0, 0.05) is 12.8 Å². The van der Waals surface area contributed by atoms with Gasteiger partial charge in [-0.25, -0.2) is 13.2 Å². The molecule has 3 N–H and O–H groups in total. The molecule has 0 aliphatic heterocycles. The van der Waals surface area contributed by atoms with Crippen molar-refractivity contribution in [1.82, 2.24) is 5.32 Å². The number of carbonyl (C=O) groups is 1. The first-order valence-electron chi connectivity index (χ1n) is 9.86. The Labute approximate surface area is 182 Å². The minimum absolute atomic E-state index is 0.192. The van der Waals surface area contributed by atoms with Gasteiger partial charge in [-0.05, 0) is 47.4 Å². The number of aliphatic hydroxyl groups is 1. The van der Waals surface area contributed by atoms with Crippen LogP contribution in [0.25, 0.3) is 11.1 Å². The van der Waals surface area contributed by atoms with E-state index in [0.717, 1.165) is 29.4 Å². The van der Waals surface area contributed by atoms with Crippen molar-refractivity contribution in [2.45, 2.75) is 17.4 Å². The van der Waals surface area contributed by atoms with Crippen molar-refractivity contribution in [3.05, 3.63) is 89.5 Å². The van der Waals surface area contributed by atoms with E-state index in [1.807, 2.05) is 54.6 Å². The second-order valence-corrected chi connectivity index (χ2v) is 9.35. The van der Waals surface area contributed by atoms with E-state index in [4.69, 9.17) is 0 Å². The number of aromatic carboxylic acids is 1. The Balaban J connectivity index is 1.62. The summed E-state index contributed by atoms with van der Waals surface area (Å²) in [6, 6.07) is 21.5. The normalized spacial score (nSPS) is 12.5. The van der Waals surface area contributed by atoms with E-state index in [9.17, 15) is 23.4 Å². The molecule has 6 nitrogen and oxygen atoms in total. The topological polar surface area (TPSA) is 104 Å². The molecule has 0 bridgehead atoms. The monoisotopic (exact) mass is 439 g/mol. The maximum absolute atomic E-state index is 12.0. The first kappa shape index (κ1) is 22.7. The second-order valence-electron chi connectivity index (χ2n) is 7.37. The molecular formula is C24H25NO5S. The summed E-state index contributed by atoms with van der Waals surface area (Å²) < 4.78 is 24.0. The van der Waals surface area contributed by atoms with E-state index in [2.05, 4.69) is 5.32 Å². The quantitative estimate of drug-likeness (QED) is 0.442. The predicted octanol–water partition coefficient (Wildman–Crippen LogP) is 3.32. The highest BCUT2D eigenvalue weighted by molar-refractivity contribution is 7.90. The molecule has 31 heavy (non-hydrogen) atoms. The van der Waals surface area contributed by atoms with Crippen LogP contribution in [-0.4, -0.2) is 43.9 Å². The van der Waals surface area contributed by atoms with Gasteiger partial charge >= 0.3 is 5.97 Å². The highest BCUT2D eigenvalue weighted by Crippen LogP contribution is 2.26. The molecule has 0 amide bonds. The van der Waals surface area contributed by atoms with Crippen molar-refractivity contribution in [3.63, 3.8) is 0 Å². The Morgan fingerprint density at radius 2 is 1.61 bits per heavy atom. The maximum atomic E-state index is 12.0. The van der Waals surface area contributed by atoms with Crippen molar-refractivity contribution in [2.24, 2.45) is 0 Å². The summed E-state index contributed by atoms with van der Waals surface area (Å²) in [5.41, 5.74) is 3.18. The van der Waals surface area contributed by atoms with Crippen molar-refractivity contribution in [3.8, 4) is 11.1 Å². The smallest absolute Gasteiger partial charge is 0.337 e.